The molecule has 0 heterocycles. The number of halogens is 1. The van der Waals surface area contributed by atoms with Crippen LogP contribution in [0.5, 0.6) is 0 Å². The van der Waals surface area contributed by atoms with Gasteiger partial charge in [0.15, 0.2) is 0 Å². The summed E-state index contributed by atoms with van der Waals surface area (Å²) in [5, 5.41) is 0.307. The molecule has 0 N–H and O–H groups in total. The molecule has 4 aliphatic rings. The van der Waals surface area contributed by atoms with Crippen molar-refractivity contribution in [3.05, 3.63) is 35.9 Å². The second kappa shape index (κ2) is 4.51. The van der Waals surface area contributed by atoms with Crippen LogP contribution in [0.4, 0.5) is 0 Å². The van der Waals surface area contributed by atoms with Gasteiger partial charge < -0.3 is 0 Å². The SMILES string of the molecule is CC12CC3CC(C)(C1)CC(C(Cl)Cc1ccccc1)(C3)C2. The van der Waals surface area contributed by atoms with Crippen LogP contribution in [0, 0.1) is 22.2 Å². The smallest absolute Gasteiger partial charge is 0.0433 e. The molecular weight excluding hydrogens is 276 g/mol. The van der Waals surface area contributed by atoms with Gasteiger partial charge in [0.2, 0.25) is 0 Å². The van der Waals surface area contributed by atoms with Crippen LogP contribution < -0.4 is 0 Å². The maximum absolute atomic E-state index is 7.06. The van der Waals surface area contributed by atoms with Crippen LogP contribution in [0.25, 0.3) is 0 Å². The Labute approximate surface area is 134 Å². The van der Waals surface area contributed by atoms with Gasteiger partial charge in [-0.05, 0) is 72.7 Å². The number of rotatable bonds is 3. The van der Waals surface area contributed by atoms with Crippen LogP contribution in [-0.2, 0) is 6.42 Å². The summed E-state index contributed by atoms with van der Waals surface area (Å²) < 4.78 is 0. The van der Waals surface area contributed by atoms with Crippen LogP contribution in [0.2, 0.25) is 0 Å². The van der Waals surface area contributed by atoms with Gasteiger partial charge in [-0.3, -0.25) is 0 Å². The van der Waals surface area contributed by atoms with Crippen molar-refractivity contribution in [2.45, 2.75) is 64.2 Å². The van der Waals surface area contributed by atoms with Gasteiger partial charge in [0.25, 0.3) is 0 Å². The standard InChI is InChI=1S/C20H27Cl/c1-18-9-16-10-19(2,12-18)14-20(11-16,13-18)17(21)8-15-6-4-3-5-7-15/h3-7,16-17H,8-14H2,1-2H3. The zero-order chi connectivity index (χ0) is 14.7. The first-order valence-corrected chi connectivity index (χ1v) is 9.02. The van der Waals surface area contributed by atoms with E-state index in [4.69, 9.17) is 11.6 Å². The molecule has 1 aromatic rings. The first kappa shape index (κ1) is 14.1. The molecular formula is C20H27Cl. The van der Waals surface area contributed by atoms with Crippen molar-refractivity contribution in [1.82, 2.24) is 0 Å². The quantitative estimate of drug-likeness (QED) is 0.616. The van der Waals surface area contributed by atoms with Crippen molar-refractivity contribution in [2.75, 3.05) is 0 Å². The predicted octanol–water partition coefficient (Wildman–Crippen LogP) is 5.83. The van der Waals surface area contributed by atoms with E-state index in [0.29, 0.717) is 21.6 Å². The van der Waals surface area contributed by atoms with Gasteiger partial charge in [0.05, 0.1) is 0 Å². The molecule has 4 bridgehead atoms. The fourth-order valence-corrected chi connectivity index (χ4v) is 7.34. The van der Waals surface area contributed by atoms with E-state index in [0.717, 1.165) is 12.3 Å². The average molecular weight is 303 g/mol. The highest BCUT2D eigenvalue weighted by Crippen LogP contribution is 2.71. The van der Waals surface area contributed by atoms with Crippen LogP contribution in [0.1, 0.15) is 57.9 Å². The van der Waals surface area contributed by atoms with Crippen molar-refractivity contribution in [2.24, 2.45) is 22.2 Å². The highest BCUT2D eigenvalue weighted by atomic mass is 35.5. The minimum Gasteiger partial charge on any atom is -0.122 e. The topological polar surface area (TPSA) is 0 Å². The normalized spacial score (nSPS) is 45.8. The summed E-state index contributed by atoms with van der Waals surface area (Å²) in [6, 6.07) is 10.8. The molecule has 0 saturated heterocycles. The summed E-state index contributed by atoms with van der Waals surface area (Å²) in [7, 11) is 0. The second-order valence-corrected chi connectivity index (χ2v) is 9.68. The first-order chi connectivity index (χ1) is 9.91. The molecule has 1 aromatic carbocycles. The summed E-state index contributed by atoms with van der Waals surface area (Å²) in [5.74, 6) is 0.938. The number of benzene rings is 1. The maximum Gasteiger partial charge on any atom is 0.0433 e. The molecule has 0 aromatic heterocycles. The van der Waals surface area contributed by atoms with Gasteiger partial charge in [-0.15, -0.1) is 11.6 Å². The van der Waals surface area contributed by atoms with E-state index in [1.54, 1.807) is 0 Å². The molecule has 3 atom stereocenters. The van der Waals surface area contributed by atoms with Crippen molar-refractivity contribution >= 4 is 11.6 Å². The van der Waals surface area contributed by atoms with Crippen LogP contribution >= 0.6 is 11.6 Å². The predicted molar refractivity (Wildman–Crippen MR) is 89.6 cm³/mol. The fourth-order valence-electron chi connectivity index (χ4n) is 6.92. The molecule has 4 fully saturated rings. The van der Waals surface area contributed by atoms with Gasteiger partial charge in [0.1, 0.15) is 0 Å². The van der Waals surface area contributed by atoms with Crippen molar-refractivity contribution in [3.63, 3.8) is 0 Å². The Morgan fingerprint density at radius 1 is 1.00 bits per heavy atom. The van der Waals surface area contributed by atoms with Crippen molar-refractivity contribution < 1.29 is 0 Å². The number of alkyl halides is 1. The summed E-state index contributed by atoms with van der Waals surface area (Å²) in [6.45, 7) is 5.08. The molecule has 21 heavy (non-hydrogen) atoms. The third-order valence-electron chi connectivity index (χ3n) is 6.59. The average Bonchev–Trinajstić information content (AvgIpc) is 2.35. The zero-order valence-electron chi connectivity index (χ0n) is 13.4. The van der Waals surface area contributed by atoms with Crippen LogP contribution in [0.15, 0.2) is 30.3 Å². The van der Waals surface area contributed by atoms with E-state index in [-0.39, 0.29) is 0 Å². The fraction of sp³-hybridized carbons (Fsp3) is 0.700. The van der Waals surface area contributed by atoms with Crippen LogP contribution in [-0.4, -0.2) is 5.38 Å². The molecule has 0 nitrogen and oxygen atoms in total. The molecule has 4 saturated carbocycles. The van der Waals surface area contributed by atoms with E-state index >= 15 is 0 Å². The van der Waals surface area contributed by atoms with Crippen molar-refractivity contribution in [3.8, 4) is 0 Å². The Hall–Kier alpha value is -0.490. The molecule has 0 spiro atoms. The Morgan fingerprint density at radius 2 is 1.62 bits per heavy atom. The lowest BCUT2D eigenvalue weighted by Crippen LogP contribution is -2.58. The van der Waals surface area contributed by atoms with E-state index in [1.165, 1.54) is 44.1 Å². The van der Waals surface area contributed by atoms with Gasteiger partial charge in [-0.25, -0.2) is 0 Å². The minimum atomic E-state index is 0.307. The maximum atomic E-state index is 7.06. The lowest BCUT2D eigenvalue weighted by atomic mass is 9.39. The summed E-state index contributed by atoms with van der Waals surface area (Å²) in [4.78, 5) is 0. The molecule has 114 valence electrons. The monoisotopic (exact) mass is 302 g/mol. The molecule has 0 aliphatic heterocycles. The lowest BCUT2D eigenvalue weighted by molar-refractivity contribution is -0.145. The highest BCUT2D eigenvalue weighted by Gasteiger charge is 2.61. The van der Waals surface area contributed by atoms with Gasteiger partial charge in [-0.2, -0.15) is 0 Å². The lowest BCUT2D eigenvalue weighted by Gasteiger charge is -2.66. The third-order valence-corrected chi connectivity index (χ3v) is 7.21. The Balaban J connectivity index is 1.62. The molecule has 4 aliphatic carbocycles. The molecule has 1 heteroatoms. The summed E-state index contributed by atoms with van der Waals surface area (Å²) in [6.07, 6.45) is 9.52. The Morgan fingerprint density at radius 3 is 2.19 bits per heavy atom. The number of hydrogen-bond donors (Lipinski definition) is 0. The van der Waals surface area contributed by atoms with Gasteiger partial charge >= 0.3 is 0 Å². The van der Waals surface area contributed by atoms with E-state index in [2.05, 4.69) is 44.2 Å². The van der Waals surface area contributed by atoms with Gasteiger partial charge in [0, 0.05) is 5.38 Å². The highest BCUT2D eigenvalue weighted by molar-refractivity contribution is 6.21. The molecule has 3 unspecified atom stereocenters. The summed E-state index contributed by atoms with van der Waals surface area (Å²) >= 11 is 7.06. The number of hydrogen-bond acceptors (Lipinski definition) is 0. The van der Waals surface area contributed by atoms with E-state index in [1.807, 2.05) is 0 Å². The third kappa shape index (κ3) is 2.34. The van der Waals surface area contributed by atoms with E-state index in [9.17, 15) is 0 Å². The zero-order valence-corrected chi connectivity index (χ0v) is 14.1. The second-order valence-electron chi connectivity index (χ2n) is 9.15. The molecule has 0 amide bonds. The Bertz CT molecular complexity index is 516. The van der Waals surface area contributed by atoms with Crippen LogP contribution in [0.3, 0.4) is 0 Å². The molecule has 0 radical (unpaired) electrons. The van der Waals surface area contributed by atoms with E-state index < -0.39 is 0 Å². The minimum absolute atomic E-state index is 0.307. The van der Waals surface area contributed by atoms with Gasteiger partial charge in [-0.1, -0.05) is 44.2 Å². The first-order valence-electron chi connectivity index (χ1n) is 8.59. The largest absolute Gasteiger partial charge is 0.122 e. The summed E-state index contributed by atoms with van der Waals surface area (Å²) in [5.41, 5.74) is 2.94. The Kier molecular flexibility index (Phi) is 3.03. The molecule has 5 rings (SSSR count). The van der Waals surface area contributed by atoms with Crippen molar-refractivity contribution in [1.29, 1.82) is 0 Å².